The molecule has 0 atom stereocenters. The predicted molar refractivity (Wildman–Crippen MR) is 118 cm³/mol. The van der Waals surface area contributed by atoms with Crippen molar-refractivity contribution in [3.63, 3.8) is 0 Å². The van der Waals surface area contributed by atoms with E-state index in [0.717, 1.165) is 0 Å². The van der Waals surface area contributed by atoms with Crippen LogP contribution in [-0.4, -0.2) is 0 Å². The van der Waals surface area contributed by atoms with Gasteiger partial charge in [-0.25, -0.2) is 0 Å². The number of unbranched alkanes of at least 4 members (excludes halogenated alkanes) is 17. The van der Waals surface area contributed by atoms with Crippen molar-refractivity contribution in [3.05, 3.63) is 35.9 Å². The van der Waals surface area contributed by atoms with E-state index in [1.807, 2.05) is 12.1 Å². The molecule has 0 aliphatic heterocycles. The normalized spacial score (nSPS) is 11.1. The lowest BCUT2D eigenvalue weighted by Gasteiger charge is -2.04. The lowest BCUT2D eigenvalue weighted by molar-refractivity contribution is 0.525. The number of rotatable bonds is 19. The summed E-state index contributed by atoms with van der Waals surface area (Å²) < 4.78 is 0. The molecule has 0 aliphatic rings. The van der Waals surface area contributed by atoms with Crippen LogP contribution in [0.15, 0.2) is 24.3 Å². The first-order valence-corrected chi connectivity index (χ1v) is 11.9. The van der Waals surface area contributed by atoms with Crippen LogP contribution in [0.25, 0.3) is 0 Å². The number of benzene rings is 1. The zero-order chi connectivity index (χ0) is 18.5. The van der Waals surface area contributed by atoms with Crippen molar-refractivity contribution >= 4 is 0 Å². The molecule has 0 aliphatic carbocycles. The first kappa shape index (κ1) is 23.3. The Morgan fingerprint density at radius 1 is 0.500 bits per heavy atom. The van der Waals surface area contributed by atoms with Gasteiger partial charge in [0.1, 0.15) is 0 Å². The Balaban J connectivity index is 1.68. The van der Waals surface area contributed by atoms with E-state index in [-0.39, 0.29) is 0 Å². The van der Waals surface area contributed by atoms with Crippen LogP contribution in [0.4, 0.5) is 0 Å². The third kappa shape index (κ3) is 15.5. The summed E-state index contributed by atoms with van der Waals surface area (Å²) in [6.07, 6.45) is 27.3. The van der Waals surface area contributed by atoms with Gasteiger partial charge in [0.15, 0.2) is 0 Å². The highest BCUT2D eigenvalue weighted by Gasteiger charge is 1.96. The highest BCUT2D eigenvalue weighted by atomic mass is 14.0. The standard InChI is InChI=1S/C26H45/c1-2-3-4-5-6-7-8-9-10-11-12-13-14-15-16-17-18-20-23-26-24-21-19-22-25-26/h21-22,24-25H,2-18,20,23H2,1H3. The second-order valence-corrected chi connectivity index (χ2v) is 8.17. The molecule has 149 valence electrons. The third-order valence-electron chi connectivity index (χ3n) is 5.61. The summed E-state index contributed by atoms with van der Waals surface area (Å²) in [6.45, 7) is 2.30. The summed E-state index contributed by atoms with van der Waals surface area (Å²) in [7, 11) is 0. The van der Waals surface area contributed by atoms with E-state index in [1.54, 1.807) is 0 Å². The van der Waals surface area contributed by atoms with Crippen molar-refractivity contribution in [2.45, 2.75) is 129 Å². The van der Waals surface area contributed by atoms with Crippen molar-refractivity contribution in [1.29, 1.82) is 0 Å². The lowest BCUT2D eigenvalue weighted by atomic mass is 10.0. The molecule has 0 bridgehead atoms. The molecule has 1 aromatic carbocycles. The minimum Gasteiger partial charge on any atom is -0.0654 e. The second-order valence-electron chi connectivity index (χ2n) is 8.17. The summed E-state index contributed by atoms with van der Waals surface area (Å²) in [5.41, 5.74) is 1.47. The van der Waals surface area contributed by atoms with Crippen LogP contribution in [0.3, 0.4) is 0 Å². The van der Waals surface area contributed by atoms with Gasteiger partial charge in [-0.05, 0) is 24.5 Å². The van der Waals surface area contributed by atoms with Crippen LogP contribution >= 0.6 is 0 Å². The van der Waals surface area contributed by atoms with Crippen LogP contribution < -0.4 is 0 Å². The molecule has 0 nitrogen and oxygen atoms in total. The molecule has 0 saturated carbocycles. The Morgan fingerprint density at radius 2 is 0.846 bits per heavy atom. The fourth-order valence-corrected chi connectivity index (χ4v) is 3.82. The fourth-order valence-electron chi connectivity index (χ4n) is 3.82. The Labute approximate surface area is 165 Å². The molecule has 0 spiro atoms. The average Bonchev–Trinajstić information content (AvgIpc) is 2.68. The monoisotopic (exact) mass is 357 g/mol. The van der Waals surface area contributed by atoms with Crippen LogP contribution in [-0.2, 0) is 6.42 Å². The quantitative estimate of drug-likeness (QED) is 0.217. The van der Waals surface area contributed by atoms with Crippen molar-refractivity contribution in [2.24, 2.45) is 0 Å². The topological polar surface area (TPSA) is 0 Å². The second kappa shape index (κ2) is 19.0. The average molecular weight is 358 g/mol. The van der Waals surface area contributed by atoms with E-state index in [1.165, 1.54) is 128 Å². The summed E-state index contributed by atoms with van der Waals surface area (Å²) in [5, 5.41) is 0. The summed E-state index contributed by atoms with van der Waals surface area (Å²) >= 11 is 0. The maximum absolute atomic E-state index is 3.09. The predicted octanol–water partition coefficient (Wildman–Crippen LogP) is 9.07. The van der Waals surface area contributed by atoms with Crippen LogP contribution in [0.5, 0.6) is 0 Å². The molecule has 0 amide bonds. The molecule has 1 aromatic rings. The van der Waals surface area contributed by atoms with Crippen molar-refractivity contribution in [1.82, 2.24) is 0 Å². The first-order valence-electron chi connectivity index (χ1n) is 11.9. The Kier molecular flexibility index (Phi) is 17.0. The molecular weight excluding hydrogens is 312 g/mol. The Morgan fingerprint density at radius 3 is 1.23 bits per heavy atom. The molecule has 0 fully saturated rings. The zero-order valence-corrected chi connectivity index (χ0v) is 17.7. The molecule has 0 saturated heterocycles. The maximum atomic E-state index is 3.09. The molecular formula is C26H45. The van der Waals surface area contributed by atoms with Crippen molar-refractivity contribution in [3.8, 4) is 0 Å². The van der Waals surface area contributed by atoms with Gasteiger partial charge < -0.3 is 0 Å². The van der Waals surface area contributed by atoms with E-state index < -0.39 is 0 Å². The molecule has 26 heavy (non-hydrogen) atoms. The van der Waals surface area contributed by atoms with Crippen LogP contribution in [0, 0.1) is 6.07 Å². The lowest BCUT2D eigenvalue weighted by Crippen LogP contribution is -1.86. The van der Waals surface area contributed by atoms with E-state index in [0.29, 0.717) is 0 Å². The first-order chi connectivity index (χ1) is 12.9. The molecule has 0 heteroatoms. The smallest absolute Gasteiger partial charge is 0.0184 e. The summed E-state index contributed by atoms with van der Waals surface area (Å²) in [5.74, 6) is 0. The van der Waals surface area contributed by atoms with Gasteiger partial charge in [0, 0.05) is 0 Å². The minimum absolute atomic E-state index is 1.24. The fraction of sp³-hybridized carbons (Fsp3) is 0.769. The highest BCUT2D eigenvalue weighted by molar-refractivity contribution is 5.13. The van der Waals surface area contributed by atoms with Crippen molar-refractivity contribution in [2.75, 3.05) is 0 Å². The van der Waals surface area contributed by atoms with Gasteiger partial charge in [-0.15, -0.1) is 0 Å². The zero-order valence-electron chi connectivity index (χ0n) is 17.7. The molecule has 0 aromatic heterocycles. The Bertz CT molecular complexity index is 367. The van der Waals surface area contributed by atoms with E-state index in [9.17, 15) is 0 Å². The van der Waals surface area contributed by atoms with E-state index >= 15 is 0 Å². The summed E-state index contributed by atoms with van der Waals surface area (Å²) in [6, 6.07) is 11.6. The van der Waals surface area contributed by atoms with E-state index in [4.69, 9.17) is 0 Å². The van der Waals surface area contributed by atoms with Crippen LogP contribution in [0.2, 0.25) is 0 Å². The maximum Gasteiger partial charge on any atom is -0.0184 e. The molecule has 1 rings (SSSR count). The minimum atomic E-state index is 1.24. The highest BCUT2D eigenvalue weighted by Crippen LogP contribution is 2.14. The number of hydrogen-bond donors (Lipinski definition) is 0. The number of aryl methyl sites for hydroxylation is 1. The van der Waals surface area contributed by atoms with Gasteiger partial charge in [-0.2, -0.15) is 0 Å². The molecule has 0 unspecified atom stereocenters. The number of hydrogen-bond acceptors (Lipinski definition) is 0. The van der Waals surface area contributed by atoms with Gasteiger partial charge in [0.25, 0.3) is 0 Å². The van der Waals surface area contributed by atoms with Gasteiger partial charge in [0.2, 0.25) is 0 Å². The molecule has 1 radical (unpaired) electrons. The van der Waals surface area contributed by atoms with E-state index in [2.05, 4.69) is 25.1 Å². The van der Waals surface area contributed by atoms with Gasteiger partial charge in [-0.1, -0.05) is 140 Å². The Hall–Kier alpha value is -0.780. The van der Waals surface area contributed by atoms with Gasteiger partial charge in [-0.3, -0.25) is 0 Å². The summed E-state index contributed by atoms with van der Waals surface area (Å²) in [4.78, 5) is 0. The van der Waals surface area contributed by atoms with Crippen molar-refractivity contribution < 1.29 is 0 Å². The SMILES string of the molecule is CCCCCCCCCCCCCCCCCCCCc1cc[c]cc1. The molecule has 0 heterocycles. The largest absolute Gasteiger partial charge is 0.0654 e. The van der Waals surface area contributed by atoms with Gasteiger partial charge >= 0.3 is 0 Å². The van der Waals surface area contributed by atoms with Gasteiger partial charge in [0.05, 0.1) is 0 Å². The molecule has 0 N–H and O–H groups in total. The van der Waals surface area contributed by atoms with Crippen LogP contribution in [0.1, 0.15) is 128 Å². The third-order valence-corrected chi connectivity index (χ3v) is 5.61.